The SMILES string of the molecule is COCCOCN(c1onc(C)c1C)S(=O)(=O)c1ccccc1-c1cccc(CC(C)C)c1. The van der Waals surface area contributed by atoms with E-state index < -0.39 is 10.0 Å². The zero-order valence-electron chi connectivity index (χ0n) is 19.9. The largest absolute Gasteiger partial charge is 0.382 e. The van der Waals surface area contributed by atoms with Crippen molar-refractivity contribution in [1.82, 2.24) is 5.16 Å². The summed E-state index contributed by atoms with van der Waals surface area (Å²) in [5, 5.41) is 3.95. The van der Waals surface area contributed by atoms with Gasteiger partial charge in [-0.2, -0.15) is 0 Å². The van der Waals surface area contributed by atoms with Crippen LogP contribution < -0.4 is 4.31 Å². The Labute approximate surface area is 196 Å². The standard InChI is InChI=1S/C25H32N2O5S/c1-18(2)15-21-9-8-10-22(16-21)23-11-6-7-12-24(23)33(28,29)27(17-31-14-13-30-5)25-19(3)20(4)26-32-25/h6-12,16,18H,13-15,17H2,1-5H3. The molecule has 0 unspecified atom stereocenters. The van der Waals surface area contributed by atoms with Gasteiger partial charge in [0.05, 0.1) is 23.8 Å². The summed E-state index contributed by atoms with van der Waals surface area (Å²) in [4.78, 5) is 0.176. The number of aromatic nitrogens is 1. The average molecular weight is 473 g/mol. The molecule has 0 N–H and O–H groups in total. The van der Waals surface area contributed by atoms with Crippen molar-refractivity contribution in [3.8, 4) is 11.1 Å². The number of benzene rings is 2. The lowest BCUT2D eigenvalue weighted by Gasteiger charge is -2.23. The van der Waals surface area contributed by atoms with Crippen LogP contribution in [0.1, 0.15) is 30.7 Å². The molecule has 0 aliphatic heterocycles. The van der Waals surface area contributed by atoms with Gasteiger partial charge in [-0.05, 0) is 43.4 Å². The number of rotatable bonds is 11. The second kappa shape index (κ2) is 11.0. The highest BCUT2D eigenvalue weighted by Crippen LogP contribution is 2.34. The van der Waals surface area contributed by atoms with Crippen LogP contribution in [0.3, 0.4) is 0 Å². The van der Waals surface area contributed by atoms with Crippen molar-refractivity contribution in [2.24, 2.45) is 5.92 Å². The zero-order chi connectivity index (χ0) is 24.0. The predicted molar refractivity (Wildman–Crippen MR) is 129 cm³/mol. The molecule has 3 aromatic rings. The maximum Gasteiger partial charge on any atom is 0.269 e. The second-order valence-electron chi connectivity index (χ2n) is 8.38. The van der Waals surface area contributed by atoms with E-state index in [0.29, 0.717) is 29.3 Å². The molecule has 8 heteroatoms. The Morgan fingerprint density at radius 3 is 2.48 bits per heavy atom. The van der Waals surface area contributed by atoms with Gasteiger partial charge in [-0.1, -0.05) is 61.5 Å². The Morgan fingerprint density at radius 1 is 1.06 bits per heavy atom. The summed E-state index contributed by atoms with van der Waals surface area (Å²) in [6.07, 6.45) is 0.915. The highest BCUT2D eigenvalue weighted by atomic mass is 32.2. The lowest BCUT2D eigenvalue weighted by atomic mass is 9.98. The summed E-state index contributed by atoms with van der Waals surface area (Å²) in [5.41, 5.74) is 3.90. The number of hydrogen-bond donors (Lipinski definition) is 0. The minimum absolute atomic E-state index is 0.147. The normalized spacial score (nSPS) is 11.8. The van der Waals surface area contributed by atoms with E-state index in [9.17, 15) is 8.42 Å². The van der Waals surface area contributed by atoms with Gasteiger partial charge in [0.25, 0.3) is 10.0 Å². The maximum atomic E-state index is 13.9. The molecule has 0 bridgehead atoms. The summed E-state index contributed by atoms with van der Waals surface area (Å²) in [6, 6.07) is 15.0. The number of methoxy groups -OCH3 is 1. The van der Waals surface area contributed by atoms with E-state index >= 15 is 0 Å². The summed E-state index contributed by atoms with van der Waals surface area (Å²) in [6.45, 7) is 8.24. The van der Waals surface area contributed by atoms with Crippen molar-refractivity contribution >= 4 is 15.9 Å². The smallest absolute Gasteiger partial charge is 0.269 e. The summed E-state index contributed by atoms with van der Waals surface area (Å²) in [7, 11) is -2.47. The molecule has 0 amide bonds. The van der Waals surface area contributed by atoms with Gasteiger partial charge < -0.3 is 14.0 Å². The molecule has 0 fully saturated rings. The fourth-order valence-electron chi connectivity index (χ4n) is 3.55. The third-order valence-electron chi connectivity index (χ3n) is 5.34. The van der Waals surface area contributed by atoms with Crippen molar-refractivity contribution in [1.29, 1.82) is 0 Å². The Morgan fingerprint density at radius 2 is 1.82 bits per heavy atom. The minimum Gasteiger partial charge on any atom is -0.382 e. The van der Waals surface area contributed by atoms with Crippen molar-refractivity contribution in [2.75, 3.05) is 31.4 Å². The topological polar surface area (TPSA) is 81.9 Å². The van der Waals surface area contributed by atoms with Crippen LogP contribution >= 0.6 is 0 Å². The van der Waals surface area contributed by atoms with Gasteiger partial charge >= 0.3 is 0 Å². The number of anilines is 1. The third-order valence-corrected chi connectivity index (χ3v) is 7.10. The number of nitrogens with zero attached hydrogens (tertiary/aromatic N) is 2. The molecular formula is C25H32N2O5S. The molecule has 3 rings (SSSR count). The van der Waals surface area contributed by atoms with Gasteiger partial charge in [-0.3, -0.25) is 0 Å². The molecule has 0 atom stereocenters. The Bertz CT molecular complexity index is 1170. The van der Waals surface area contributed by atoms with Crippen molar-refractivity contribution < 1.29 is 22.4 Å². The monoisotopic (exact) mass is 472 g/mol. The molecule has 1 heterocycles. The van der Waals surface area contributed by atoms with Crippen LogP contribution in [0.4, 0.5) is 5.88 Å². The molecule has 2 aromatic carbocycles. The van der Waals surface area contributed by atoms with E-state index in [2.05, 4.69) is 31.1 Å². The quantitative estimate of drug-likeness (QED) is 0.289. The lowest BCUT2D eigenvalue weighted by Crippen LogP contribution is -2.34. The maximum absolute atomic E-state index is 13.9. The molecule has 1 aromatic heterocycles. The Balaban J connectivity index is 2.07. The average Bonchev–Trinajstić information content (AvgIpc) is 3.11. The first-order valence-corrected chi connectivity index (χ1v) is 12.4. The zero-order valence-corrected chi connectivity index (χ0v) is 20.7. The summed E-state index contributed by atoms with van der Waals surface area (Å²) < 4.78 is 45.1. The minimum atomic E-state index is -4.03. The fraction of sp³-hybridized carbons (Fsp3) is 0.400. The first-order chi connectivity index (χ1) is 15.8. The molecule has 0 aliphatic carbocycles. The molecule has 0 spiro atoms. The van der Waals surface area contributed by atoms with E-state index in [-0.39, 0.29) is 24.1 Å². The predicted octanol–water partition coefficient (Wildman–Crippen LogP) is 4.97. The number of hydrogen-bond acceptors (Lipinski definition) is 6. The van der Waals surface area contributed by atoms with Gasteiger partial charge in [-0.15, -0.1) is 0 Å². The van der Waals surface area contributed by atoms with Crippen LogP contribution in [-0.2, 0) is 25.9 Å². The van der Waals surface area contributed by atoms with Crippen LogP contribution in [-0.4, -0.2) is 40.6 Å². The van der Waals surface area contributed by atoms with Gasteiger partial charge in [-0.25, -0.2) is 12.7 Å². The number of ether oxygens (including phenoxy) is 2. The van der Waals surface area contributed by atoms with E-state index in [1.165, 1.54) is 0 Å². The van der Waals surface area contributed by atoms with E-state index in [0.717, 1.165) is 21.9 Å². The Kier molecular flexibility index (Phi) is 8.29. The van der Waals surface area contributed by atoms with E-state index in [1.807, 2.05) is 24.3 Å². The van der Waals surface area contributed by atoms with Crippen LogP contribution in [0.25, 0.3) is 11.1 Å². The molecular weight excluding hydrogens is 440 g/mol. The highest BCUT2D eigenvalue weighted by molar-refractivity contribution is 7.93. The van der Waals surface area contributed by atoms with Crippen molar-refractivity contribution in [3.05, 3.63) is 65.4 Å². The first kappa shape index (κ1) is 25.0. The molecule has 0 saturated carbocycles. The molecule has 33 heavy (non-hydrogen) atoms. The van der Waals surface area contributed by atoms with Gasteiger partial charge in [0.2, 0.25) is 5.88 Å². The van der Waals surface area contributed by atoms with Gasteiger partial charge in [0, 0.05) is 18.2 Å². The van der Waals surface area contributed by atoms with Crippen molar-refractivity contribution in [2.45, 2.75) is 39.0 Å². The molecule has 7 nitrogen and oxygen atoms in total. The highest BCUT2D eigenvalue weighted by Gasteiger charge is 2.32. The molecule has 0 saturated heterocycles. The van der Waals surface area contributed by atoms with Crippen LogP contribution in [0.5, 0.6) is 0 Å². The summed E-state index contributed by atoms with van der Waals surface area (Å²) in [5.74, 6) is 0.643. The van der Waals surface area contributed by atoms with E-state index in [1.54, 1.807) is 33.1 Å². The van der Waals surface area contributed by atoms with Crippen LogP contribution in [0, 0.1) is 19.8 Å². The van der Waals surface area contributed by atoms with Gasteiger partial charge in [0.1, 0.15) is 6.73 Å². The fourth-order valence-corrected chi connectivity index (χ4v) is 5.10. The molecule has 0 radical (unpaired) electrons. The van der Waals surface area contributed by atoms with Crippen LogP contribution in [0.15, 0.2) is 57.9 Å². The second-order valence-corrected chi connectivity index (χ2v) is 10.2. The van der Waals surface area contributed by atoms with Crippen LogP contribution in [0.2, 0.25) is 0 Å². The van der Waals surface area contributed by atoms with Crippen molar-refractivity contribution in [3.63, 3.8) is 0 Å². The van der Waals surface area contributed by atoms with E-state index in [4.69, 9.17) is 14.0 Å². The lowest BCUT2D eigenvalue weighted by molar-refractivity contribution is 0.0744. The third kappa shape index (κ3) is 5.82. The van der Waals surface area contributed by atoms with Gasteiger partial charge in [0.15, 0.2) is 0 Å². The molecule has 0 aliphatic rings. The molecule has 178 valence electrons. The Hall–Kier alpha value is -2.68. The number of sulfonamides is 1. The first-order valence-electron chi connectivity index (χ1n) is 11.0. The number of aryl methyl sites for hydroxylation is 1. The summed E-state index contributed by atoms with van der Waals surface area (Å²) >= 11 is 0.